The molecular weight excluding hydrogens is 561 g/mol. The first kappa shape index (κ1) is 27.3. The number of sulfonamides is 1. The Bertz CT molecular complexity index is 1600. The number of nitriles is 1. The molecule has 3 heterocycles. The molecule has 2 atom stereocenters. The van der Waals surface area contributed by atoms with E-state index in [1.807, 2.05) is 0 Å². The number of hydrogen-bond acceptors (Lipinski definition) is 6. The van der Waals surface area contributed by atoms with Crippen LogP contribution >= 0.6 is 23.2 Å². The molecule has 9 nitrogen and oxygen atoms in total. The number of carbonyl (C=O) groups excluding carboxylic acids is 2. The summed E-state index contributed by atoms with van der Waals surface area (Å²) < 4.78 is 30.7. The van der Waals surface area contributed by atoms with Gasteiger partial charge >= 0.3 is 0 Å². The van der Waals surface area contributed by atoms with Crippen LogP contribution in [0.1, 0.15) is 42.3 Å². The van der Waals surface area contributed by atoms with Crippen LogP contribution in [0, 0.1) is 11.3 Å². The molecule has 39 heavy (non-hydrogen) atoms. The molecule has 5 rings (SSSR count). The molecule has 0 N–H and O–H groups in total. The minimum absolute atomic E-state index is 0.0890. The van der Waals surface area contributed by atoms with Crippen LogP contribution in [0.5, 0.6) is 0 Å². The fourth-order valence-corrected chi connectivity index (χ4v) is 7.61. The van der Waals surface area contributed by atoms with Crippen molar-refractivity contribution in [3.05, 3.63) is 81.2 Å². The minimum atomic E-state index is -4.06. The quantitative estimate of drug-likeness (QED) is 0.451. The first-order chi connectivity index (χ1) is 18.5. The molecule has 2 aliphatic rings. The van der Waals surface area contributed by atoms with Crippen molar-refractivity contribution in [1.29, 1.82) is 5.26 Å². The van der Waals surface area contributed by atoms with Gasteiger partial charge in [-0.1, -0.05) is 35.3 Å². The van der Waals surface area contributed by atoms with Gasteiger partial charge in [-0.05, 0) is 48.4 Å². The summed E-state index contributed by atoms with van der Waals surface area (Å²) in [6.07, 6.45) is 1.47. The lowest BCUT2D eigenvalue weighted by Gasteiger charge is -2.34. The van der Waals surface area contributed by atoms with Crippen molar-refractivity contribution in [2.24, 2.45) is 0 Å². The van der Waals surface area contributed by atoms with Gasteiger partial charge in [0.05, 0.1) is 17.8 Å². The molecule has 0 radical (unpaired) electrons. The Labute approximate surface area is 236 Å². The molecule has 3 aromatic rings. The summed E-state index contributed by atoms with van der Waals surface area (Å²) in [5.41, 5.74) is 0.437. The highest BCUT2D eigenvalue weighted by molar-refractivity contribution is 7.89. The van der Waals surface area contributed by atoms with E-state index in [4.69, 9.17) is 23.2 Å². The monoisotopic (exact) mass is 585 g/mol. The first-order valence-corrected chi connectivity index (χ1v) is 14.5. The number of rotatable bonds is 5. The molecule has 1 amide bonds. The van der Waals surface area contributed by atoms with Gasteiger partial charge in [0.25, 0.3) is 10.0 Å². The Hall–Kier alpha value is -3.23. The van der Waals surface area contributed by atoms with Gasteiger partial charge in [0.15, 0.2) is 10.8 Å². The van der Waals surface area contributed by atoms with Gasteiger partial charge in [0.2, 0.25) is 5.91 Å². The van der Waals surface area contributed by atoms with Crippen LogP contribution in [-0.2, 0) is 31.6 Å². The average molecular weight is 587 g/mol. The maximum absolute atomic E-state index is 14.2. The number of nitrogens with zero attached hydrogens (tertiary/aromatic N) is 5. The lowest BCUT2D eigenvalue weighted by atomic mass is 9.83. The largest absolute Gasteiger partial charge is 0.340 e. The Kier molecular flexibility index (Phi) is 7.06. The molecule has 0 spiro atoms. The molecule has 0 saturated carbocycles. The van der Waals surface area contributed by atoms with Crippen molar-refractivity contribution in [3.8, 4) is 6.07 Å². The van der Waals surface area contributed by atoms with Gasteiger partial charge in [-0.3, -0.25) is 9.59 Å². The smallest absolute Gasteiger partial charge is 0.260 e. The maximum atomic E-state index is 14.2. The summed E-state index contributed by atoms with van der Waals surface area (Å²) in [6.45, 7) is 3.99. The molecule has 1 aromatic heterocycles. The van der Waals surface area contributed by atoms with Crippen molar-refractivity contribution in [1.82, 2.24) is 18.8 Å². The zero-order chi connectivity index (χ0) is 28.1. The number of carbonyl (C=O) groups is 2. The predicted molar refractivity (Wildman–Crippen MR) is 145 cm³/mol. The van der Waals surface area contributed by atoms with Crippen LogP contribution in [0.2, 0.25) is 10.0 Å². The minimum Gasteiger partial charge on any atom is -0.340 e. The Morgan fingerprint density at radius 2 is 1.72 bits per heavy atom. The number of ketones is 1. The van der Waals surface area contributed by atoms with E-state index in [1.54, 1.807) is 54.3 Å². The van der Waals surface area contributed by atoms with Crippen LogP contribution in [0.4, 0.5) is 0 Å². The zero-order valence-corrected chi connectivity index (χ0v) is 23.6. The third kappa shape index (κ3) is 4.74. The topological polar surface area (TPSA) is 116 Å². The second-order valence-corrected chi connectivity index (χ2v) is 12.7. The molecule has 0 aliphatic carbocycles. The summed E-state index contributed by atoms with van der Waals surface area (Å²) in [6, 6.07) is 13.7. The van der Waals surface area contributed by atoms with E-state index < -0.39 is 21.5 Å². The van der Waals surface area contributed by atoms with Crippen molar-refractivity contribution < 1.29 is 18.0 Å². The van der Waals surface area contributed by atoms with Gasteiger partial charge in [-0.2, -0.15) is 9.57 Å². The van der Waals surface area contributed by atoms with Crippen LogP contribution in [0.15, 0.2) is 53.7 Å². The number of aromatic nitrogens is 2. The van der Waals surface area contributed by atoms with Crippen molar-refractivity contribution in [2.75, 3.05) is 26.2 Å². The Balaban J connectivity index is 1.62. The van der Waals surface area contributed by atoms with E-state index in [0.717, 1.165) is 5.56 Å². The molecule has 12 heteroatoms. The predicted octanol–water partition coefficient (Wildman–Crippen LogP) is 3.59. The number of piperazine rings is 1. The van der Waals surface area contributed by atoms with Crippen molar-refractivity contribution in [3.63, 3.8) is 0 Å². The highest BCUT2D eigenvalue weighted by Crippen LogP contribution is 2.45. The number of benzene rings is 2. The second kappa shape index (κ2) is 10.1. The molecule has 202 valence electrons. The number of amides is 1. The van der Waals surface area contributed by atoms with Gasteiger partial charge in [0, 0.05) is 49.6 Å². The van der Waals surface area contributed by atoms with E-state index in [9.17, 15) is 23.3 Å². The summed E-state index contributed by atoms with van der Waals surface area (Å²) in [5, 5.41) is 9.78. The third-order valence-electron chi connectivity index (χ3n) is 7.44. The summed E-state index contributed by atoms with van der Waals surface area (Å²) in [4.78, 5) is 32.1. The van der Waals surface area contributed by atoms with Gasteiger partial charge in [-0.25, -0.2) is 13.4 Å². The molecule has 1 saturated heterocycles. The molecule has 2 aromatic carbocycles. The average Bonchev–Trinajstić information content (AvgIpc) is 3.42. The highest BCUT2D eigenvalue weighted by atomic mass is 35.5. The van der Waals surface area contributed by atoms with E-state index in [-0.39, 0.29) is 55.1 Å². The standard InChI is InChI=1S/C27H25Cl2N5O4S/c1-17(35)32-7-9-33(10-8-32)39(37,38)23-16-31-26-24(20-11-21(28)13-22(29)12-20)25(36)27(2,34(23)26)14-18-3-5-19(15-30)6-4-18/h3-6,11-13,16,24H,7-10,14H2,1-2H3/t24?,27-/m1/s1. The number of fused-ring (bicyclic) bond motifs is 1. The van der Waals surface area contributed by atoms with Crippen LogP contribution in [-0.4, -0.2) is 65.0 Å². The SMILES string of the molecule is CC(=O)N1CCN(S(=O)(=O)c2cnc3n2[C@](C)(Cc2ccc(C#N)cc2)C(=O)C3c2cc(Cl)cc(Cl)c2)CC1. The second-order valence-electron chi connectivity index (χ2n) is 9.96. The van der Waals surface area contributed by atoms with Crippen molar-refractivity contribution in [2.45, 2.75) is 36.8 Å². The van der Waals surface area contributed by atoms with Gasteiger partial charge in [0.1, 0.15) is 17.3 Å². The van der Waals surface area contributed by atoms with E-state index in [2.05, 4.69) is 11.1 Å². The number of Topliss-reactive ketones (excluding diaryl/α,β-unsaturated/α-hetero) is 1. The Morgan fingerprint density at radius 1 is 1.10 bits per heavy atom. The van der Waals surface area contributed by atoms with Gasteiger partial charge < -0.3 is 9.47 Å². The molecule has 0 bridgehead atoms. The van der Waals surface area contributed by atoms with E-state index in [1.165, 1.54) is 22.0 Å². The van der Waals surface area contributed by atoms with Crippen LogP contribution in [0.3, 0.4) is 0 Å². The maximum Gasteiger partial charge on any atom is 0.260 e. The van der Waals surface area contributed by atoms with Crippen molar-refractivity contribution >= 4 is 44.9 Å². The van der Waals surface area contributed by atoms with Crippen LogP contribution in [0.25, 0.3) is 0 Å². The zero-order valence-electron chi connectivity index (χ0n) is 21.3. The fraction of sp³-hybridized carbons (Fsp3) is 0.333. The number of hydrogen-bond donors (Lipinski definition) is 0. The molecule has 1 unspecified atom stereocenters. The van der Waals surface area contributed by atoms with E-state index >= 15 is 0 Å². The third-order valence-corrected chi connectivity index (χ3v) is 9.74. The highest BCUT2D eigenvalue weighted by Gasteiger charge is 2.53. The Morgan fingerprint density at radius 3 is 2.28 bits per heavy atom. The fourth-order valence-electron chi connectivity index (χ4n) is 5.45. The van der Waals surface area contributed by atoms with Gasteiger partial charge in [-0.15, -0.1) is 0 Å². The number of imidazole rings is 1. The summed E-state index contributed by atoms with van der Waals surface area (Å²) in [7, 11) is -4.06. The van der Waals surface area contributed by atoms with E-state index in [0.29, 0.717) is 21.2 Å². The van der Waals surface area contributed by atoms with Crippen LogP contribution < -0.4 is 0 Å². The molecule has 2 aliphatic heterocycles. The number of halogens is 2. The first-order valence-electron chi connectivity index (χ1n) is 12.3. The molecule has 1 fully saturated rings. The summed E-state index contributed by atoms with van der Waals surface area (Å²) in [5.74, 6) is -0.953. The summed E-state index contributed by atoms with van der Waals surface area (Å²) >= 11 is 12.5. The lowest BCUT2D eigenvalue weighted by Crippen LogP contribution is -2.50. The normalized spacial score (nSPS) is 21.6. The lowest BCUT2D eigenvalue weighted by molar-refractivity contribution is -0.130. The molecular formula is C27H25Cl2N5O4S.